The Morgan fingerprint density at radius 2 is 1.46 bits per heavy atom. The Morgan fingerprint density at radius 3 is 2.00 bits per heavy atom. The number of ether oxygens (including phenoxy) is 1. The summed E-state index contributed by atoms with van der Waals surface area (Å²) in [6, 6.07) is 1.10. The average Bonchev–Trinajstić information content (AvgIpc) is 2.85. The van der Waals surface area contributed by atoms with Crippen LogP contribution in [0.4, 0.5) is 5.82 Å². The topological polar surface area (TPSA) is 56.6 Å². The van der Waals surface area contributed by atoms with Gasteiger partial charge < -0.3 is 14.1 Å². The van der Waals surface area contributed by atoms with Gasteiger partial charge in [-0.3, -0.25) is 9.36 Å². The van der Waals surface area contributed by atoms with Gasteiger partial charge in [0.05, 0.1) is 5.69 Å². The number of aromatic nitrogens is 2. The Morgan fingerprint density at radius 1 is 0.892 bits per heavy atom. The Balaban J connectivity index is 2.18. The summed E-state index contributed by atoms with van der Waals surface area (Å²) in [5, 5.41) is 0.209. The van der Waals surface area contributed by atoms with Crippen molar-refractivity contribution in [2.24, 2.45) is 0 Å². The van der Waals surface area contributed by atoms with E-state index in [1.807, 2.05) is 6.20 Å². The fraction of sp³-hybridized carbons (Fsp3) is 0.862. The number of aryl methyl sites for hydroxylation is 1. The molecule has 6 nitrogen and oxygen atoms in total. The Bertz CT molecular complexity index is 847. The highest BCUT2D eigenvalue weighted by molar-refractivity contribution is 6.76. The molecule has 0 atom stereocenters. The maximum Gasteiger partial charge on any atom is 0.295 e. The lowest BCUT2D eigenvalue weighted by molar-refractivity contribution is 0.0844. The first-order valence-electron chi connectivity index (χ1n) is 14.9. The SMILES string of the molecule is CC(C)(C)[Si](C)(C)OCCCc1cn(COCC[Si](C)(C)C)c(=O)c(N2CCCCCCCCCC2)n1. The normalized spacial score (nSPS) is 17.0. The quantitative estimate of drug-likeness (QED) is 0.211. The van der Waals surface area contributed by atoms with E-state index in [1.54, 1.807) is 4.57 Å². The number of rotatable bonds is 11. The number of hydrogen-bond donors (Lipinski definition) is 0. The first-order valence-corrected chi connectivity index (χ1v) is 21.5. The van der Waals surface area contributed by atoms with Crippen molar-refractivity contribution >= 4 is 22.2 Å². The monoisotopic (exact) mass is 551 g/mol. The third-order valence-corrected chi connectivity index (χ3v) is 14.2. The van der Waals surface area contributed by atoms with Crippen LogP contribution in [0.3, 0.4) is 0 Å². The molecule has 1 aromatic rings. The smallest absolute Gasteiger partial charge is 0.295 e. The van der Waals surface area contributed by atoms with E-state index in [2.05, 4.69) is 58.4 Å². The van der Waals surface area contributed by atoms with Gasteiger partial charge in [0.15, 0.2) is 14.1 Å². The molecule has 0 saturated carbocycles. The van der Waals surface area contributed by atoms with Crippen LogP contribution in [-0.4, -0.2) is 52.2 Å². The highest BCUT2D eigenvalue weighted by Gasteiger charge is 2.36. The van der Waals surface area contributed by atoms with Crippen LogP contribution in [0, 0.1) is 0 Å². The van der Waals surface area contributed by atoms with Gasteiger partial charge in [0.25, 0.3) is 5.56 Å². The summed E-state index contributed by atoms with van der Waals surface area (Å²) in [5.41, 5.74) is 0.959. The number of anilines is 1. The molecular weight excluding hydrogens is 495 g/mol. The minimum Gasteiger partial charge on any atom is -0.417 e. The van der Waals surface area contributed by atoms with Gasteiger partial charge in [-0.1, -0.05) is 78.9 Å². The molecule has 2 rings (SSSR count). The highest BCUT2D eigenvalue weighted by atomic mass is 28.4. The number of nitrogens with zero attached hydrogens (tertiary/aromatic N) is 3. The van der Waals surface area contributed by atoms with Crippen molar-refractivity contribution in [1.29, 1.82) is 0 Å². The summed E-state index contributed by atoms with van der Waals surface area (Å²) >= 11 is 0. The minimum absolute atomic E-state index is 0.0100. The van der Waals surface area contributed by atoms with Crippen molar-refractivity contribution < 1.29 is 9.16 Å². The lowest BCUT2D eigenvalue weighted by atomic mass is 10.1. The van der Waals surface area contributed by atoms with Crippen LogP contribution >= 0.6 is 0 Å². The summed E-state index contributed by atoms with van der Waals surface area (Å²) < 4.78 is 14.2. The maximum absolute atomic E-state index is 13.6. The van der Waals surface area contributed by atoms with Gasteiger partial charge in [-0.25, -0.2) is 4.98 Å². The van der Waals surface area contributed by atoms with Crippen LogP contribution in [0.5, 0.6) is 0 Å². The van der Waals surface area contributed by atoms with Crippen molar-refractivity contribution in [3.63, 3.8) is 0 Å². The second kappa shape index (κ2) is 15.0. The molecule has 0 bridgehead atoms. The Hall–Kier alpha value is -0.966. The lowest BCUT2D eigenvalue weighted by Crippen LogP contribution is -2.41. The number of hydrogen-bond acceptors (Lipinski definition) is 5. The van der Waals surface area contributed by atoms with Crippen molar-refractivity contribution in [2.75, 3.05) is 31.2 Å². The van der Waals surface area contributed by atoms with E-state index in [-0.39, 0.29) is 10.6 Å². The highest BCUT2D eigenvalue weighted by Crippen LogP contribution is 2.36. The molecule has 0 unspecified atom stereocenters. The van der Waals surface area contributed by atoms with Gasteiger partial charge in [-0.05, 0) is 49.9 Å². The summed E-state index contributed by atoms with van der Waals surface area (Å²) in [6.07, 6.45) is 13.6. The van der Waals surface area contributed by atoms with Gasteiger partial charge in [-0.2, -0.15) is 0 Å². The lowest BCUT2D eigenvalue weighted by Gasteiger charge is -2.36. The fourth-order valence-corrected chi connectivity index (χ4v) is 6.17. The van der Waals surface area contributed by atoms with Crippen LogP contribution in [0.15, 0.2) is 11.0 Å². The van der Waals surface area contributed by atoms with E-state index < -0.39 is 16.4 Å². The van der Waals surface area contributed by atoms with Gasteiger partial charge in [0.2, 0.25) is 0 Å². The summed E-state index contributed by atoms with van der Waals surface area (Å²) in [4.78, 5) is 20.8. The molecular formula is C29H57N3O3Si2. The molecule has 0 aromatic carbocycles. The van der Waals surface area contributed by atoms with E-state index >= 15 is 0 Å². The van der Waals surface area contributed by atoms with E-state index in [0.717, 1.165) is 57.1 Å². The summed E-state index contributed by atoms with van der Waals surface area (Å²) in [6.45, 7) is 22.1. The molecule has 2 heterocycles. The van der Waals surface area contributed by atoms with Crippen LogP contribution in [-0.2, 0) is 22.3 Å². The zero-order valence-electron chi connectivity index (χ0n) is 25.5. The molecule has 0 aliphatic carbocycles. The molecule has 0 radical (unpaired) electrons. The minimum atomic E-state index is -1.76. The molecule has 0 N–H and O–H groups in total. The van der Waals surface area contributed by atoms with Gasteiger partial charge in [-0.15, -0.1) is 0 Å². The third-order valence-electron chi connectivity index (χ3n) is 7.99. The van der Waals surface area contributed by atoms with Crippen LogP contribution < -0.4 is 10.5 Å². The predicted octanol–water partition coefficient (Wildman–Crippen LogP) is 7.45. The molecule has 1 aliphatic rings. The summed E-state index contributed by atoms with van der Waals surface area (Å²) in [5.74, 6) is 0.621. The van der Waals surface area contributed by atoms with Crippen molar-refractivity contribution in [3.05, 3.63) is 22.2 Å². The van der Waals surface area contributed by atoms with Crippen LogP contribution in [0.2, 0.25) is 43.8 Å². The van der Waals surface area contributed by atoms with E-state index in [9.17, 15) is 4.79 Å². The standard InChI is InChI=1S/C29H57N3O3Si2/c1-29(2,3)37(7,8)35-21-17-18-26-24-32(25-34-22-23-36(4,5)6)28(33)27(30-26)31-19-15-13-11-9-10-12-14-16-20-31/h24H,9-23,25H2,1-8H3. The van der Waals surface area contributed by atoms with Gasteiger partial charge in [0.1, 0.15) is 6.73 Å². The van der Waals surface area contributed by atoms with Crippen molar-refractivity contribution in [1.82, 2.24) is 9.55 Å². The predicted molar refractivity (Wildman–Crippen MR) is 163 cm³/mol. The molecule has 214 valence electrons. The van der Waals surface area contributed by atoms with Crippen LogP contribution in [0.1, 0.15) is 84.3 Å². The van der Waals surface area contributed by atoms with E-state index in [0.29, 0.717) is 19.2 Å². The first kappa shape index (κ1) is 32.2. The van der Waals surface area contributed by atoms with Crippen LogP contribution in [0.25, 0.3) is 0 Å². The zero-order chi connectivity index (χ0) is 27.5. The summed E-state index contributed by atoms with van der Waals surface area (Å²) in [7, 11) is -2.94. The largest absolute Gasteiger partial charge is 0.417 e. The zero-order valence-corrected chi connectivity index (χ0v) is 27.5. The fourth-order valence-electron chi connectivity index (χ4n) is 4.33. The molecule has 8 heteroatoms. The van der Waals surface area contributed by atoms with Gasteiger partial charge >= 0.3 is 0 Å². The average molecular weight is 552 g/mol. The molecule has 1 fully saturated rings. The van der Waals surface area contributed by atoms with Crippen molar-refractivity contribution in [2.45, 2.75) is 136 Å². The molecule has 0 amide bonds. The second-order valence-corrected chi connectivity index (χ2v) is 24.1. The molecule has 0 spiro atoms. The first-order chi connectivity index (χ1) is 17.3. The van der Waals surface area contributed by atoms with E-state index in [4.69, 9.17) is 14.1 Å². The molecule has 37 heavy (non-hydrogen) atoms. The van der Waals surface area contributed by atoms with Crippen molar-refractivity contribution in [3.8, 4) is 0 Å². The molecule has 1 aliphatic heterocycles. The third kappa shape index (κ3) is 11.8. The molecule has 1 saturated heterocycles. The molecule has 1 aromatic heterocycles. The van der Waals surface area contributed by atoms with Gasteiger partial charge in [0, 0.05) is 40.6 Å². The van der Waals surface area contributed by atoms with E-state index in [1.165, 1.54) is 38.5 Å². The second-order valence-electron chi connectivity index (χ2n) is 13.7. The Kier molecular flexibility index (Phi) is 13.1. The maximum atomic E-state index is 13.6. The Labute approximate surface area is 229 Å².